The summed E-state index contributed by atoms with van der Waals surface area (Å²) in [7, 11) is 0. The number of carbonyl (C=O) groups is 1. The van der Waals surface area contributed by atoms with Gasteiger partial charge >= 0.3 is 35.3 Å². The Morgan fingerprint density at radius 2 is 1.20 bits per heavy atom. The number of hydrogen-bond donors (Lipinski definition) is 1. The second-order valence-electron chi connectivity index (χ2n) is 6.05. The zero-order valence-corrected chi connectivity index (χ0v) is 14.3. The highest BCUT2D eigenvalue weighted by molar-refractivity contribution is 6.30. The molecule has 1 fully saturated rings. The molecule has 1 aromatic rings. The third-order valence-corrected chi connectivity index (χ3v) is 4.57. The fraction of sp³-hybridized carbons (Fsp3) is 0.400. The topological polar surface area (TPSA) is 37.3 Å². The first-order valence-electron chi connectivity index (χ1n) is 7.20. The van der Waals surface area contributed by atoms with Crippen LogP contribution in [0.25, 0.3) is 5.76 Å². The Bertz CT molecular complexity index is 894. The smallest absolute Gasteiger partial charge is 0.384 e. The van der Waals surface area contributed by atoms with E-state index >= 15 is 0 Å². The van der Waals surface area contributed by atoms with Crippen molar-refractivity contribution in [2.45, 2.75) is 35.3 Å². The van der Waals surface area contributed by atoms with Gasteiger partial charge < -0.3 is 5.11 Å². The van der Waals surface area contributed by atoms with E-state index in [0.717, 1.165) is 0 Å². The van der Waals surface area contributed by atoms with E-state index in [1.54, 1.807) is 0 Å². The minimum Gasteiger partial charge on any atom is -0.507 e. The summed E-state index contributed by atoms with van der Waals surface area (Å²) in [6.07, 6.45) is -0.972. The molecule has 0 saturated heterocycles. The van der Waals surface area contributed by atoms with Crippen molar-refractivity contribution in [1.82, 2.24) is 0 Å². The third kappa shape index (κ3) is 2.57. The van der Waals surface area contributed by atoms with Gasteiger partial charge in [0.2, 0.25) is 5.78 Å². The van der Waals surface area contributed by atoms with E-state index < -0.39 is 69.3 Å². The highest BCUT2D eigenvalue weighted by Gasteiger charge is 3.02. The lowest BCUT2D eigenvalue weighted by Crippen LogP contribution is -2.85. The number of benzene rings is 1. The molecule has 1 aromatic carbocycles. The minimum absolute atomic E-state index is 0.237. The summed E-state index contributed by atoms with van der Waals surface area (Å²) in [5.74, 6) is -44.0. The van der Waals surface area contributed by atoms with Crippen LogP contribution in [-0.4, -0.2) is 46.2 Å². The van der Waals surface area contributed by atoms with Crippen LogP contribution in [0.2, 0.25) is 5.02 Å². The summed E-state index contributed by atoms with van der Waals surface area (Å²) in [4.78, 5) is 11.7. The first-order valence-corrected chi connectivity index (χ1v) is 7.58. The minimum atomic E-state index is -7.48. The van der Waals surface area contributed by atoms with Crippen molar-refractivity contribution in [2.24, 2.45) is 0 Å². The van der Waals surface area contributed by atoms with Gasteiger partial charge in [-0.1, -0.05) is 11.6 Å². The van der Waals surface area contributed by atoms with Gasteiger partial charge in [-0.15, -0.1) is 0 Å². The molecule has 0 unspecified atom stereocenters. The van der Waals surface area contributed by atoms with Gasteiger partial charge in [0.15, 0.2) is 0 Å². The van der Waals surface area contributed by atoms with E-state index in [1.807, 2.05) is 0 Å². The predicted molar refractivity (Wildman–Crippen MR) is 75.6 cm³/mol. The highest BCUT2D eigenvalue weighted by atomic mass is 35.5. The van der Waals surface area contributed by atoms with Crippen molar-refractivity contribution in [3.63, 3.8) is 0 Å². The maximum atomic E-state index is 14.5. The Hall–Kier alpha value is -2.12. The van der Waals surface area contributed by atoms with Crippen LogP contribution in [0.1, 0.15) is 5.56 Å². The Morgan fingerprint density at radius 1 is 0.800 bits per heavy atom. The molecule has 1 N–H and O–H groups in total. The summed E-state index contributed by atoms with van der Waals surface area (Å²) in [6, 6.07) is 1.49. The zero-order valence-electron chi connectivity index (χ0n) is 13.6. The van der Waals surface area contributed by atoms with Crippen LogP contribution in [0.3, 0.4) is 0 Å². The maximum absolute atomic E-state index is 14.5. The van der Waals surface area contributed by atoms with E-state index in [9.17, 15) is 62.6 Å². The van der Waals surface area contributed by atoms with Crippen molar-refractivity contribution >= 4 is 23.1 Å². The van der Waals surface area contributed by atoms with Gasteiger partial charge in [0.05, 0.1) is 5.02 Å². The van der Waals surface area contributed by atoms with E-state index in [0.29, 0.717) is 12.1 Å². The Kier molecular flexibility index (Phi) is 5.18. The number of allylic oxidation sites excluding steroid dienone is 1. The molecule has 0 radical (unpaired) electrons. The monoisotopic (exact) mass is 480 g/mol. The number of rotatable bonds is 3. The largest absolute Gasteiger partial charge is 0.507 e. The third-order valence-electron chi connectivity index (χ3n) is 4.27. The Morgan fingerprint density at radius 3 is 1.60 bits per heavy atom. The van der Waals surface area contributed by atoms with Gasteiger partial charge in [-0.2, -0.15) is 43.9 Å². The van der Waals surface area contributed by atoms with E-state index in [1.165, 1.54) is 0 Å². The summed E-state index contributed by atoms with van der Waals surface area (Å²) < 4.78 is 162. The molecule has 0 bridgehead atoms. The Labute approximate surface area is 162 Å². The number of aliphatic hydroxyl groups is 1. The van der Waals surface area contributed by atoms with Crippen LogP contribution in [0, 0.1) is 5.82 Å². The molecule has 168 valence electrons. The number of ketones is 1. The van der Waals surface area contributed by atoms with Crippen molar-refractivity contribution in [1.29, 1.82) is 0 Å². The van der Waals surface area contributed by atoms with Crippen molar-refractivity contribution in [3.8, 4) is 0 Å². The van der Waals surface area contributed by atoms with Crippen LogP contribution >= 0.6 is 11.6 Å². The van der Waals surface area contributed by atoms with Gasteiger partial charge in [-0.05, 0) is 18.2 Å². The number of aliphatic hydroxyl groups excluding tert-OH is 1. The number of alkyl halides is 11. The molecule has 1 saturated carbocycles. The standard InChI is InChI=1S/C15H5ClF12O2/c16-6-2-1-5(3-7(6)17)8(29)4-9(30)10(18)11(19,20)13(23,24)15(27,28)14(25,26)12(10,21)22/h1-4,29H/b8-4-. The van der Waals surface area contributed by atoms with Crippen LogP contribution in [-0.2, 0) is 4.79 Å². The lowest BCUT2D eigenvalue weighted by atomic mass is 9.70. The summed E-state index contributed by atoms with van der Waals surface area (Å²) in [5.41, 5.74) is -7.88. The molecule has 0 spiro atoms. The molecule has 0 heterocycles. The lowest BCUT2D eigenvalue weighted by Gasteiger charge is -2.51. The average Bonchev–Trinajstić information content (AvgIpc) is 2.61. The molecular formula is C15H5ClF12O2. The average molecular weight is 481 g/mol. The van der Waals surface area contributed by atoms with E-state index in [2.05, 4.69) is 0 Å². The summed E-state index contributed by atoms with van der Waals surface area (Å²) in [5, 5.41) is 8.89. The van der Waals surface area contributed by atoms with Crippen LogP contribution in [0.15, 0.2) is 24.3 Å². The molecule has 1 aliphatic rings. The van der Waals surface area contributed by atoms with Crippen molar-refractivity contribution in [3.05, 3.63) is 40.7 Å². The normalized spacial score (nSPS) is 25.6. The summed E-state index contributed by atoms with van der Waals surface area (Å²) in [6.45, 7) is 0. The van der Waals surface area contributed by atoms with Gasteiger partial charge in [0.1, 0.15) is 11.6 Å². The highest BCUT2D eigenvalue weighted by Crippen LogP contribution is 2.69. The fourth-order valence-corrected chi connectivity index (χ4v) is 2.61. The fourth-order valence-electron chi connectivity index (χ4n) is 2.49. The SMILES string of the molecule is O=C(/C=C(\O)c1ccc(Cl)c(F)c1)C1(F)C(F)(F)C(F)(F)C(F)(F)C(F)(F)C1(F)F. The molecule has 30 heavy (non-hydrogen) atoms. The van der Waals surface area contributed by atoms with Crippen molar-refractivity contribution < 1.29 is 62.6 Å². The molecule has 0 amide bonds. The van der Waals surface area contributed by atoms with Crippen LogP contribution in [0.4, 0.5) is 52.7 Å². The second kappa shape index (κ2) is 6.44. The second-order valence-corrected chi connectivity index (χ2v) is 6.46. The zero-order chi connectivity index (χ0) is 23.7. The summed E-state index contributed by atoms with van der Waals surface area (Å²) >= 11 is 5.26. The van der Waals surface area contributed by atoms with Gasteiger partial charge in [0, 0.05) is 11.6 Å². The van der Waals surface area contributed by atoms with E-state index in [4.69, 9.17) is 11.6 Å². The Balaban J connectivity index is 2.72. The maximum Gasteiger partial charge on any atom is 0.384 e. The van der Waals surface area contributed by atoms with Crippen LogP contribution in [0.5, 0.6) is 0 Å². The lowest BCUT2D eigenvalue weighted by molar-refractivity contribution is -0.475. The van der Waals surface area contributed by atoms with Gasteiger partial charge in [-0.3, -0.25) is 4.79 Å². The predicted octanol–water partition coefficient (Wildman–Crippen LogP) is 5.85. The van der Waals surface area contributed by atoms with Crippen LogP contribution < -0.4 is 0 Å². The molecule has 1 aliphatic carbocycles. The molecule has 0 aliphatic heterocycles. The quantitative estimate of drug-likeness (QED) is 0.335. The molecule has 0 aromatic heterocycles. The molecular weight excluding hydrogens is 476 g/mol. The molecule has 15 heteroatoms. The molecule has 0 atom stereocenters. The van der Waals surface area contributed by atoms with Gasteiger partial charge in [-0.25, -0.2) is 8.78 Å². The molecule has 2 nitrogen and oxygen atoms in total. The van der Waals surface area contributed by atoms with Gasteiger partial charge in [0.25, 0.3) is 0 Å². The number of halogens is 13. The number of hydrogen-bond acceptors (Lipinski definition) is 2. The van der Waals surface area contributed by atoms with Crippen molar-refractivity contribution in [2.75, 3.05) is 0 Å². The van der Waals surface area contributed by atoms with E-state index in [-0.39, 0.29) is 6.07 Å². The number of carbonyl (C=O) groups excluding carboxylic acids is 1. The molecule has 2 rings (SSSR count). The first kappa shape index (κ1) is 24.2. The first-order chi connectivity index (χ1) is 13.2.